The highest BCUT2D eigenvalue weighted by Gasteiger charge is 2.20. The van der Waals surface area contributed by atoms with Crippen molar-refractivity contribution in [3.63, 3.8) is 0 Å². The smallest absolute Gasteiger partial charge is 0.315 e. The van der Waals surface area contributed by atoms with E-state index >= 15 is 0 Å². The quantitative estimate of drug-likeness (QED) is 0.908. The van der Waals surface area contributed by atoms with Crippen LogP contribution in [0.25, 0.3) is 0 Å². The maximum Gasteiger partial charge on any atom is 0.315 e. The molecule has 0 saturated carbocycles. The number of nitrogens with zero attached hydrogens (tertiary/aromatic N) is 2. The lowest BCUT2D eigenvalue weighted by Gasteiger charge is -2.18. The molecule has 0 bridgehead atoms. The van der Waals surface area contributed by atoms with Crippen LogP contribution in [0, 0.1) is 27.7 Å². The number of amides is 2. The zero-order valence-electron chi connectivity index (χ0n) is 14.9. The molecule has 2 heterocycles. The first-order chi connectivity index (χ1) is 10.7. The van der Waals surface area contributed by atoms with E-state index in [2.05, 4.69) is 15.7 Å². The largest absolute Gasteiger partial charge is 0.466 e. The molecule has 0 aliphatic carbocycles. The summed E-state index contributed by atoms with van der Waals surface area (Å²) < 4.78 is 7.35. The summed E-state index contributed by atoms with van der Waals surface area (Å²) in [5, 5.41) is 10.3. The third-order valence-corrected chi connectivity index (χ3v) is 4.24. The van der Waals surface area contributed by atoms with Crippen molar-refractivity contribution in [1.82, 2.24) is 20.4 Å². The number of hydrogen-bond acceptors (Lipinski definition) is 3. The van der Waals surface area contributed by atoms with Crippen LogP contribution in [0.3, 0.4) is 0 Å². The summed E-state index contributed by atoms with van der Waals surface area (Å²) in [6.45, 7) is 11.7. The Bertz CT molecular complexity index is 714. The van der Waals surface area contributed by atoms with Gasteiger partial charge in [-0.3, -0.25) is 4.68 Å². The molecular weight excluding hydrogens is 292 g/mol. The number of furan rings is 1. The molecule has 2 aromatic rings. The van der Waals surface area contributed by atoms with Crippen molar-refractivity contribution >= 4 is 6.03 Å². The van der Waals surface area contributed by atoms with Crippen molar-refractivity contribution in [3.8, 4) is 0 Å². The molecule has 0 radical (unpaired) electrons. The standard InChI is InChI=1S/C17H26N4O2/c1-9-8-15(14(6)23-9)10(2)18-17(22)19-11(3)16-12(4)20-21(7)13(16)5/h8,10-11H,1-7H3,(H2,18,19,22)/t10-,11+/m1/s1. The second kappa shape index (κ2) is 6.48. The summed E-state index contributed by atoms with van der Waals surface area (Å²) in [7, 11) is 1.91. The van der Waals surface area contributed by atoms with Crippen molar-refractivity contribution in [1.29, 1.82) is 0 Å². The molecule has 126 valence electrons. The van der Waals surface area contributed by atoms with Gasteiger partial charge >= 0.3 is 6.03 Å². The maximum atomic E-state index is 12.3. The lowest BCUT2D eigenvalue weighted by Crippen LogP contribution is -2.38. The Morgan fingerprint density at radius 3 is 2.26 bits per heavy atom. The first-order valence-corrected chi connectivity index (χ1v) is 7.84. The van der Waals surface area contributed by atoms with Crippen LogP contribution in [0.2, 0.25) is 0 Å². The third kappa shape index (κ3) is 3.57. The fourth-order valence-electron chi connectivity index (χ4n) is 3.08. The van der Waals surface area contributed by atoms with Crippen LogP contribution < -0.4 is 10.6 Å². The zero-order chi connectivity index (χ0) is 17.3. The minimum Gasteiger partial charge on any atom is -0.466 e. The highest BCUT2D eigenvalue weighted by Crippen LogP contribution is 2.22. The van der Waals surface area contributed by atoms with Gasteiger partial charge in [-0.15, -0.1) is 0 Å². The summed E-state index contributed by atoms with van der Waals surface area (Å²) >= 11 is 0. The predicted octanol–water partition coefficient (Wildman–Crippen LogP) is 3.37. The van der Waals surface area contributed by atoms with Gasteiger partial charge in [-0.25, -0.2) is 4.79 Å². The van der Waals surface area contributed by atoms with Gasteiger partial charge in [0, 0.05) is 23.9 Å². The second-order valence-electron chi connectivity index (χ2n) is 6.14. The number of aromatic nitrogens is 2. The lowest BCUT2D eigenvalue weighted by atomic mass is 10.1. The average molecular weight is 318 g/mol. The summed E-state index contributed by atoms with van der Waals surface area (Å²) in [5.41, 5.74) is 4.06. The molecule has 0 aliphatic heterocycles. The van der Waals surface area contributed by atoms with Gasteiger partial charge in [-0.1, -0.05) is 0 Å². The molecule has 0 saturated heterocycles. The summed E-state index contributed by atoms with van der Waals surface area (Å²) in [6.07, 6.45) is 0. The van der Waals surface area contributed by atoms with Gasteiger partial charge in [0.1, 0.15) is 11.5 Å². The zero-order valence-corrected chi connectivity index (χ0v) is 14.9. The minimum atomic E-state index is -0.203. The molecule has 2 aromatic heterocycles. The van der Waals surface area contributed by atoms with E-state index in [1.807, 2.05) is 59.3 Å². The lowest BCUT2D eigenvalue weighted by molar-refractivity contribution is 0.235. The molecule has 0 aliphatic rings. The number of rotatable bonds is 4. The van der Waals surface area contributed by atoms with Gasteiger partial charge in [0.25, 0.3) is 0 Å². The van der Waals surface area contributed by atoms with Gasteiger partial charge < -0.3 is 15.1 Å². The van der Waals surface area contributed by atoms with E-state index < -0.39 is 0 Å². The van der Waals surface area contributed by atoms with Crippen molar-refractivity contribution < 1.29 is 9.21 Å². The number of urea groups is 1. The first kappa shape index (κ1) is 17.1. The highest BCUT2D eigenvalue weighted by molar-refractivity contribution is 5.75. The molecule has 2 rings (SSSR count). The molecule has 0 spiro atoms. The number of nitrogens with one attached hydrogen (secondary N) is 2. The first-order valence-electron chi connectivity index (χ1n) is 7.84. The van der Waals surface area contributed by atoms with E-state index in [9.17, 15) is 4.79 Å². The van der Waals surface area contributed by atoms with Crippen molar-refractivity contribution in [2.24, 2.45) is 7.05 Å². The van der Waals surface area contributed by atoms with Crippen LogP contribution in [0.4, 0.5) is 4.79 Å². The molecule has 0 unspecified atom stereocenters. The van der Waals surface area contributed by atoms with E-state index in [0.717, 1.165) is 34.0 Å². The van der Waals surface area contributed by atoms with E-state index in [4.69, 9.17) is 4.42 Å². The molecular formula is C17H26N4O2. The van der Waals surface area contributed by atoms with E-state index in [1.165, 1.54) is 0 Å². The van der Waals surface area contributed by atoms with Gasteiger partial charge in [-0.2, -0.15) is 5.10 Å². The van der Waals surface area contributed by atoms with Gasteiger partial charge in [0.05, 0.1) is 17.8 Å². The van der Waals surface area contributed by atoms with Crippen molar-refractivity contribution in [3.05, 3.63) is 40.1 Å². The van der Waals surface area contributed by atoms with Crippen molar-refractivity contribution in [2.75, 3.05) is 0 Å². The van der Waals surface area contributed by atoms with Gasteiger partial charge in [0.2, 0.25) is 0 Å². The molecule has 0 fully saturated rings. The molecule has 2 atom stereocenters. The number of carbonyl (C=O) groups excluding carboxylic acids is 1. The van der Waals surface area contributed by atoms with Crippen LogP contribution in [0.1, 0.15) is 60.0 Å². The summed E-state index contributed by atoms with van der Waals surface area (Å²) in [5.74, 6) is 1.68. The molecule has 2 N–H and O–H groups in total. The number of carbonyl (C=O) groups is 1. The van der Waals surface area contributed by atoms with Gasteiger partial charge in [0.15, 0.2) is 0 Å². The van der Waals surface area contributed by atoms with Crippen LogP contribution in [0.15, 0.2) is 10.5 Å². The van der Waals surface area contributed by atoms with Crippen LogP contribution in [-0.2, 0) is 7.05 Å². The molecule has 23 heavy (non-hydrogen) atoms. The van der Waals surface area contributed by atoms with E-state index in [1.54, 1.807) is 0 Å². The minimum absolute atomic E-state index is 0.108. The monoisotopic (exact) mass is 318 g/mol. The molecule has 2 amide bonds. The van der Waals surface area contributed by atoms with Crippen molar-refractivity contribution in [2.45, 2.75) is 53.6 Å². The Balaban J connectivity index is 2.03. The van der Waals surface area contributed by atoms with E-state index in [0.29, 0.717) is 0 Å². The van der Waals surface area contributed by atoms with E-state index in [-0.39, 0.29) is 18.1 Å². The normalized spacial score (nSPS) is 13.7. The SMILES string of the molecule is Cc1cc([C@@H](C)NC(=O)N[C@@H](C)c2c(C)nn(C)c2C)c(C)o1. The summed E-state index contributed by atoms with van der Waals surface area (Å²) in [4.78, 5) is 12.3. The Morgan fingerprint density at radius 1 is 1.17 bits per heavy atom. The van der Waals surface area contributed by atoms with Crippen LogP contribution >= 0.6 is 0 Å². The fourth-order valence-corrected chi connectivity index (χ4v) is 3.08. The Hall–Kier alpha value is -2.24. The topological polar surface area (TPSA) is 72.1 Å². The molecule has 0 aromatic carbocycles. The predicted molar refractivity (Wildman–Crippen MR) is 89.4 cm³/mol. The average Bonchev–Trinajstić information content (AvgIpc) is 2.89. The third-order valence-electron chi connectivity index (χ3n) is 4.24. The Morgan fingerprint density at radius 2 is 1.78 bits per heavy atom. The number of hydrogen-bond donors (Lipinski definition) is 2. The van der Waals surface area contributed by atoms with Crippen LogP contribution in [0.5, 0.6) is 0 Å². The Labute approximate surface area is 137 Å². The highest BCUT2D eigenvalue weighted by atomic mass is 16.3. The Kier molecular flexibility index (Phi) is 4.82. The summed E-state index contributed by atoms with van der Waals surface area (Å²) in [6, 6.07) is 1.53. The second-order valence-corrected chi connectivity index (χ2v) is 6.14. The van der Waals surface area contributed by atoms with Gasteiger partial charge in [-0.05, 0) is 47.6 Å². The molecule has 6 nitrogen and oxygen atoms in total. The van der Waals surface area contributed by atoms with Crippen LogP contribution in [-0.4, -0.2) is 15.8 Å². The molecule has 6 heteroatoms. The number of aryl methyl sites for hydroxylation is 4. The fraction of sp³-hybridized carbons (Fsp3) is 0.529. The maximum absolute atomic E-state index is 12.3.